The standard InChI is InChI=1S/C18H28Br2O2/c1-2-3-4-5-6-7-8-9-10-11-12-13-14-15-16-18(19,20)17(21)22/h6-7,9-10,12-13H,2-5,8,11,14-16H2,1H3,(H,21,22). The fourth-order valence-electron chi connectivity index (χ4n) is 1.84. The lowest BCUT2D eigenvalue weighted by atomic mass is 10.1. The van der Waals surface area contributed by atoms with Crippen molar-refractivity contribution < 1.29 is 9.90 Å². The van der Waals surface area contributed by atoms with Crippen molar-refractivity contribution in [1.29, 1.82) is 0 Å². The van der Waals surface area contributed by atoms with Gasteiger partial charge in [0, 0.05) is 0 Å². The molecule has 0 aliphatic heterocycles. The molecule has 0 radical (unpaired) electrons. The Morgan fingerprint density at radius 2 is 1.41 bits per heavy atom. The van der Waals surface area contributed by atoms with Crippen molar-refractivity contribution in [1.82, 2.24) is 0 Å². The molecule has 0 aliphatic rings. The Morgan fingerprint density at radius 3 is 1.91 bits per heavy atom. The van der Waals surface area contributed by atoms with Crippen LogP contribution in [0, 0.1) is 0 Å². The molecule has 0 heterocycles. The molecule has 126 valence electrons. The quantitative estimate of drug-likeness (QED) is 0.197. The molecule has 0 amide bonds. The monoisotopic (exact) mass is 434 g/mol. The first-order valence-electron chi connectivity index (χ1n) is 8.07. The molecule has 2 nitrogen and oxygen atoms in total. The van der Waals surface area contributed by atoms with Crippen LogP contribution < -0.4 is 0 Å². The molecule has 0 aromatic rings. The van der Waals surface area contributed by atoms with Crippen molar-refractivity contribution in [2.24, 2.45) is 0 Å². The number of allylic oxidation sites excluding steroid dienone is 6. The van der Waals surface area contributed by atoms with Crippen molar-refractivity contribution in [3.63, 3.8) is 0 Å². The number of carboxylic acids is 1. The smallest absolute Gasteiger partial charge is 0.331 e. The summed E-state index contributed by atoms with van der Waals surface area (Å²) in [6.07, 6.45) is 22.4. The van der Waals surface area contributed by atoms with E-state index < -0.39 is 9.20 Å². The van der Waals surface area contributed by atoms with Crippen molar-refractivity contribution in [2.75, 3.05) is 0 Å². The summed E-state index contributed by atoms with van der Waals surface area (Å²) in [6, 6.07) is 0. The third-order valence-corrected chi connectivity index (χ3v) is 4.66. The molecular weight excluding hydrogens is 408 g/mol. The van der Waals surface area contributed by atoms with E-state index in [9.17, 15) is 4.79 Å². The average molecular weight is 436 g/mol. The highest BCUT2D eigenvalue weighted by molar-refractivity contribution is 9.25. The largest absolute Gasteiger partial charge is 0.480 e. The zero-order valence-electron chi connectivity index (χ0n) is 13.4. The molecule has 0 bridgehead atoms. The summed E-state index contributed by atoms with van der Waals surface area (Å²) in [5, 5.41) is 8.92. The minimum atomic E-state index is -0.975. The van der Waals surface area contributed by atoms with E-state index in [1.165, 1.54) is 25.7 Å². The van der Waals surface area contributed by atoms with Gasteiger partial charge in [0.25, 0.3) is 0 Å². The van der Waals surface area contributed by atoms with Crippen molar-refractivity contribution in [2.45, 2.75) is 67.9 Å². The second-order valence-electron chi connectivity index (χ2n) is 5.28. The molecule has 0 spiro atoms. The van der Waals surface area contributed by atoms with Gasteiger partial charge in [0.15, 0.2) is 3.23 Å². The molecule has 0 saturated heterocycles. The van der Waals surface area contributed by atoms with Crippen LogP contribution >= 0.6 is 31.9 Å². The first kappa shape index (κ1) is 21.6. The summed E-state index contributed by atoms with van der Waals surface area (Å²) < 4.78 is -0.975. The Kier molecular flexibility index (Phi) is 14.0. The number of hydrogen-bond donors (Lipinski definition) is 1. The lowest BCUT2D eigenvalue weighted by Gasteiger charge is -2.13. The molecule has 0 rings (SSSR count). The van der Waals surface area contributed by atoms with Gasteiger partial charge in [-0.1, -0.05) is 88.1 Å². The Labute approximate surface area is 152 Å². The second kappa shape index (κ2) is 14.3. The number of alkyl halides is 2. The van der Waals surface area contributed by atoms with E-state index in [4.69, 9.17) is 5.11 Å². The fourth-order valence-corrected chi connectivity index (χ4v) is 2.40. The Morgan fingerprint density at radius 1 is 0.909 bits per heavy atom. The molecule has 1 N–H and O–H groups in total. The van der Waals surface area contributed by atoms with E-state index >= 15 is 0 Å². The van der Waals surface area contributed by atoms with Crippen LogP contribution in [-0.4, -0.2) is 14.3 Å². The van der Waals surface area contributed by atoms with Gasteiger partial charge in [0.1, 0.15) is 0 Å². The van der Waals surface area contributed by atoms with Gasteiger partial charge in [-0.2, -0.15) is 0 Å². The summed E-state index contributed by atoms with van der Waals surface area (Å²) in [5.74, 6) is -0.873. The highest BCUT2D eigenvalue weighted by atomic mass is 79.9. The van der Waals surface area contributed by atoms with Crippen LogP contribution in [0.3, 0.4) is 0 Å². The van der Waals surface area contributed by atoms with Crippen LogP contribution in [0.4, 0.5) is 0 Å². The lowest BCUT2D eigenvalue weighted by molar-refractivity contribution is -0.137. The lowest BCUT2D eigenvalue weighted by Crippen LogP contribution is -2.23. The second-order valence-corrected chi connectivity index (χ2v) is 9.05. The SMILES string of the molecule is CCCCCC=CCC=CCC=CCCCC(Br)(Br)C(=O)O. The third kappa shape index (κ3) is 13.3. The highest BCUT2D eigenvalue weighted by Gasteiger charge is 2.30. The van der Waals surface area contributed by atoms with Gasteiger partial charge >= 0.3 is 5.97 Å². The van der Waals surface area contributed by atoms with Gasteiger partial charge in [-0.15, -0.1) is 0 Å². The normalized spacial score (nSPS) is 12.9. The number of unbranched alkanes of at least 4 members (excludes halogenated alkanes) is 4. The van der Waals surface area contributed by atoms with Gasteiger partial charge in [0.2, 0.25) is 0 Å². The number of carboxylic acid groups (broad SMARTS) is 1. The molecular formula is C18H28Br2O2. The maximum Gasteiger partial charge on any atom is 0.331 e. The molecule has 0 aromatic carbocycles. The van der Waals surface area contributed by atoms with E-state index in [1.54, 1.807) is 0 Å². The number of halogens is 2. The van der Waals surface area contributed by atoms with Crippen LogP contribution in [0.15, 0.2) is 36.5 Å². The van der Waals surface area contributed by atoms with Gasteiger partial charge in [-0.05, 0) is 44.9 Å². The topological polar surface area (TPSA) is 37.3 Å². The number of aliphatic carboxylic acids is 1. The van der Waals surface area contributed by atoms with E-state index in [1.807, 2.05) is 0 Å². The van der Waals surface area contributed by atoms with Crippen molar-refractivity contribution in [3.8, 4) is 0 Å². The average Bonchev–Trinajstić information content (AvgIpc) is 2.47. The van der Waals surface area contributed by atoms with Crippen molar-refractivity contribution >= 4 is 37.8 Å². The molecule has 0 fully saturated rings. The summed E-state index contributed by atoms with van der Waals surface area (Å²) in [6.45, 7) is 2.22. The fraction of sp³-hybridized carbons (Fsp3) is 0.611. The van der Waals surface area contributed by atoms with Gasteiger partial charge in [-0.25, -0.2) is 4.79 Å². The number of hydrogen-bond acceptors (Lipinski definition) is 1. The summed E-state index contributed by atoms with van der Waals surface area (Å²) in [4.78, 5) is 10.9. The molecule has 0 unspecified atom stereocenters. The Hall–Kier alpha value is -0.350. The van der Waals surface area contributed by atoms with E-state index in [0.29, 0.717) is 6.42 Å². The molecule has 22 heavy (non-hydrogen) atoms. The maximum absolute atomic E-state index is 10.9. The minimum Gasteiger partial charge on any atom is -0.480 e. The zero-order chi connectivity index (χ0) is 16.7. The molecule has 0 atom stereocenters. The predicted octanol–water partition coefficient (Wildman–Crippen LogP) is 6.76. The molecule has 0 aliphatic carbocycles. The summed E-state index contributed by atoms with van der Waals surface area (Å²) in [7, 11) is 0. The molecule has 0 aromatic heterocycles. The van der Waals surface area contributed by atoms with Gasteiger partial charge in [-0.3, -0.25) is 0 Å². The van der Waals surface area contributed by atoms with Crippen LogP contribution in [0.5, 0.6) is 0 Å². The van der Waals surface area contributed by atoms with Crippen LogP contribution in [0.1, 0.15) is 64.7 Å². The van der Waals surface area contributed by atoms with Crippen LogP contribution in [-0.2, 0) is 4.79 Å². The van der Waals surface area contributed by atoms with Crippen LogP contribution in [0.25, 0.3) is 0 Å². The number of carbonyl (C=O) groups is 1. The minimum absolute atomic E-state index is 0.561. The first-order valence-corrected chi connectivity index (χ1v) is 9.65. The molecule has 0 saturated carbocycles. The van der Waals surface area contributed by atoms with E-state index in [-0.39, 0.29) is 0 Å². The maximum atomic E-state index is 10.9. The van der Waals surface area contributed by atoms with E-state index in [2.05, 4.69) is 75.2 Å². The Bertz CT molecular complexity index is 371. The highest BCUT2D eigenvalue weighted by Crippen LogP contribution is 2.32. The summed E-state index contributed by atoms with van der Waals surface area (Å²) >= 11 is 6.32. The predicted molar refractivity (Wildman–Crippen MR) is 103 cm³/mol. The van der Waals surface area contributed by atoms with Crippen molar-refractivity contribution in [3.05, 3.63) is 36.5 Å². The van der Waals surface area contributed by atoms with E-state index in [0.717, 1.165) is 25.7 Å². The Balaban J connectivity index is 3.54. The number of rotatable bonds is 13. The first-order chi connectivity index (χ1) is 10.5. The molecule has 4 heteroatoms. The van der Waals surface area contributed by atoms with Crippen LogP contribution in [0.2, 0.25) is 0 Å². The summed E-state index contributed by atoms with van der Waals surface area (Å²) in [5.41, 5.74) is 0. The van der Waals surface area contributed by atoms with Gasteiger partial charge in [0.05, 0.1) is 0 Å². The van der Waals surface area contributed by atoms with Gasteiger partial charge < -0.3 is 5.11 Å². The zero-order valence-corrected chi connectivity index (χ0v) is 16.6. The third-order valence-electron chi connectivity index (χ3n) is 3.19.